The maximum Gasteiger partial charge on any atom is 0.407 e. The number of benzene rings is 1. The molecular formula is C21H21F4N9O2S. The van der Waals surface area contributed by atoms with Crippen LogP contribution in [0.1, 0.15) is 5.56 Å². The molecule has 3 heterocycles. The normalized spacial score (nSPS) is 12.4. The van der Waals surface area contributed by atoms with E-state index >= 15 is 0 Å². The van der Waals surface area contributed by atoms with Crippen molar-refractivity contribution >= 4 is 38.6 Å². The van der Waals surface area contributed by atoms with Gasteiger partial charge in [0.2, 0.25) is 0 Å². The van der Waals surface area contributed by atoms with E-state index in [0.717, 1.165) is 14.1 Å². The molecule has 0 spiro atoms. The second-order valence-corrected chi connectivity index (χ2v) is 10.1. The van der Waals surface area contributed by atoms with Crippen LogP contribution in [0.4, 0.5) is 34.9 Å². The Hall–Kier alpha value is -4.05. The summed E-state index contributed by atoms with van der Waals surface area (Å²) in [5.41, 5.74) is 12.0. The first-order valence-corrected chi connectivity index (χ1v) is 11.9. The molecule has 0 amide bonds. The lowest BCUT2D eigenvalue weighted by Crippen LogP contribution is -2.45. The van der Waals surface area contributed by atoms with Crippen LogP contribution in [-0.2, 0) is 16.8 Å². The van der Waals surface area contributed by atoms with Gasteiger partial charge < -0.3 is 11.5 Å². The lowest BCUT2D eigenvalue weighted by atomic mass is 10.2. The molecule has 0 atom stereocenters. The molecule has 0 aliphatic carbocycles. The number of nitrogens with two attached hydrogens (primary N) is 2. The van der Waals surface area contributed by atoms with Gasteiger partial charge in [-0.15, -0.1) is 0 Å². The highest BCUT2D eigenvalue weighted by Crippen LogP contribution is 2.36. The molecule has 0 bridgehead atoms. The lowest BCUT2D eigenvalue weighted by molar-refractivity contribution is -0.117. The summed E-state index contributed by atoms with van der Waals surface area (Å²) in [5.74, 6) is -1.86. The number of anilines is 3. The van der Waals surface area contributed by atoms with Gasteiger partial charge in [0.25, 0.3) is 0 Å². The van der Waals surface area contributed by atoms with Crippen LogP contribution in [0, 0.1) is 5.82 Å². The third-order valence-electron chi connectivity index (χ3n) is 5.25. The minimum Gasteiger partial charge on any atom is -0.382 e. The molecule has 0 radical (unpaired) electrons. The fourth-order valence-electron chi connectivity index (χ4n) is 3.56. The van der Waals surface area contributed by atoms with Crippen molar-refractivity contribution in [3.8, 4) is 11.5 Å². The predicted molar refractivity (Wildman–Crippen MR) is 129 cm³/mol. The van der Waals surface area contributed by atoms with Crippen LogP contribution < -0.4 is 15.8 Å². The zero-order valence-electron chi connectivity index (χ0n) is 19.5. The lowest BCUT2D eigenvalue weighted by Gasteiger charge is -2.29. The second kappa shape index (κ2) is 9.44. The molecule has 0 fully saturated rings. The number of hydrogen-bond acceptors (Lipinski definition) is 8. The van der Waals surface area contributed by atoms with Crippen LogP contribution in [0.15, 0.2) is 42.6 Å². The predicted octanol–water partition coefficient (Wildman–Crippen LogP) is 2.42. The number of halogens is 4. The molecule has 4 rings (SSSR count). The average Bonchev–Trinajstić information content (AvgIpc) is 3.17. The Morgan fingerprint density at radius 3 is 2.27 bits per heavy atom. The molecule has 0 saturated carbocycles. The Labute approximate surface area is 208 Å². The van der Waals surface area contributed by atoms with E-state index in [2.05, 4.69) is 20.1 Å². The van der Waals surface area contributed by atoms with Gasteiger partial charge in [0, 0.05) is 25.9 Å². The van der Waals surface area contributed by atoms with Gasteiger partial charge in [-0.25, -0.2) is 28.3 Å². The molecule has 11 nitrogen and oxygen atoms in total. The number of pyridine rings is 1. The van der Waals surface area contributed by atoms with Crippen LogP contribution in [0.5, 0.6) is 0 Å². The van der Waals surface area contributed by atoms with Crippen LogP contribution >= 0.6 is 0 Å². The summed E-state index contributed by atoms with van der Waals surface area (Å²) in [4.78, 5) is 12.3. The Kier molecular flexibility index (Phi) is 6.64. The zero-order chi connectivity index (χ0) is 27.1. The number of hydrogen-bond donors (Lipinski definition) is 2. The number of nitrogens with zero attached hydrogens (tertiary/aromatic N) is 7. The highest BCUT2D eigenvalue weighted by atomic mass is 32.2. The van der Waals surface area contributed by atoms with Gasteiger partial charge in [0.15, 0.2) is 23.1 Å². The maximum atomic E-state index is 14.2. The molecule has 37 heavy (non-hydrogen) atoms. The van der Waals surface area contributed by atoms with Crippen molar-refractivity contribution < 1.29 is 26.0 Å². The molecule has 4 N–H and O–H groups in total. The summed E-state index contributed by atoms with van der Waals surface area (Å²) in [6, 6.07) is 9.33. The average molecular weight is 540 g/mol. The van der Waals surface area contributed by atoms with Gasteiger partial charge in [0.05, 0.1) is 11.9 Å². The first kappa shape index (κ1) is 26.0. The topological polar surface area (TPSA) is 149 Å². The van der Waals surface area contributed by atoms with Crippen molar-refractivity contribution in [3.63, 3.8) is 0 Å². The highest BCUT2D eigenvalue weighted by Gasteiger charge is 2.40. The summed E-state index contributed by atoms with van der Waals surface area (Å²) < 4.78 is 81.4. The molecule has 4 aromatic rings. The third-order valence-corrected chi connectivity index (χ3v) is 7.04. The zero-order valence-corrected chi connectivity index (χ0v) is 20.3. The summed E-state index contributed by atoms with van der Waals surface area (Å²) >= 11 is 0. The van der Waals surface area contributed by atoms with E-state index in [4.69, 9.17) is 11.5 Å². The molecule has 0 unspecified atom stereocenters. The van der Waals surface area contributed by atoms with Crippen molar-refractivity contribution in [3.05, 3.63) is 54.0 Å². The smallest absolute Gasteiger partial charge is 0.382 e. The van der Waals surface area contributed by atoms with Crippen molar-refractivity contribution in [1.82, 2.24) is 29.0 Å². The number of aromatic nitrogens is 5. The standard InChI is InChI=1S/C21H21F4N9O2S/c1-32(2)37(35,36)34(11-21(23,24)25)16-17(26)29-19(30-18(16)27)15-13-7-5-9-28-20(13)33(31-15)10-12-6-3-4-8-14(12)22/h3-9H,10-11H2,1-2H3,(H4,26,27,29,30). The van der Waals surface area contributed by atoms with Crippen LogP contribution in [0.2, 0.25) is 0 Å². The molecule has 0 aliphatic rings. The van der Waals surface area contributed by atoms with Gasteiger partial charge in [-0.1, -0.05) is 18.2 Å². The fraction of sp³-hybridized carbons (Fsp3) is 0.238. The first-order chi connectivity index (χ1) is 17.3. The minimum atomic E-state index is -4.92. The summed E-state index contributed by atoms with van der Waals surface area (Å²) in [6.45, 7) is -1.90. The van der Waals surface area contributed by atoms with E-state index in [1.807, 2.05) is 0 Å². The van der Waals surface area contributed by atoms with Crippen LogP contribution in [-0.4, -0.2) is 64.3 Å². The molecule has 0 saturated heterocycles. The fourth-order valence-corrected chi connectivity index (χ4v) is 4.68. The first-order valence-electron chi connectivity index (χ1n) is 10.5. The Morgan fingerprint density at radius 1 is 1.03 bits per heavy atom. The molecule has 1 aromatic carbocycles. The van der Waals surface area contributed by atoms with E-state index in [0.29, 0.717) is 20.9 Å². The number of rotatable bonds is 7. The van der Waals surface area contributed by atoms with Gasteiger partial charge in [0.1, 0.15) is 23.7 Å². The van der Waals surface area contributed by atoms with Crippen LogP contribution in [0.3, 0.4) is 0 Å². The van der Waals surface area contributed by atoms with Crippen molar-refractivity contribution in [2.45, 2.75) is 12.7 Å². The third kappa shape index (κ3) is 5.10. The van der Waals surface area contributed by atoms with E-state index in [9.17, 15) is 26.0 Å². The van der Waals surface area contributed by atoms with Crippen molar-refractivity contribution in [1.29, 1.82) is 0 Å². The number of nitrogen functional groups attached to an aromatic ring is 2. The van der Waals surface area contributed by atoms with Crippen molar-refractivity contribution in [2.24, 2.45) is 0 Å². The highest BCUT2D eigenvalue weighted by molar-refractivity contribution is 7.90. The van der Waals surface area contributed by atoms with Gasteiger partial charge in [-0.2, -0.15) is 31.0 Å². The minimum absolute atomic E-state index is 0.00209. The van der Waals surface area contributed by atoms with Gasteiger partial charge in [-0.3, -0.25) is 0 Å². The second-order valence-electron chi connectivity index (χ2n) is 8.05. The Balaban J connectivity index is 1.85. The van der Waals surface area contributed by atoms with Gasteiger partial charge in [-0.05, 0) is 18.2 Å². The van der Waals surface area contributed by atoms with Crippen LogP contribution in [0.25, 0.3) is 22.6 Å². The largest absolute Gasteiger partial charge is 0.407 e. The van der Waals surface area contributed by atoms with E-state index < -0.39 is 46.1 Å². The summed E-state index contributed by atoms with van der Waals surface area (Å²) in [5, 5.41) is 4.85. The van der Waals surface area contributed by atoms with E-state index in [-0.39, 0.29) is 22.4 Å². The monoisotopic (exact) mass is 539 g/mol. The van der Waals surface area contributed by atoms with Crippen molar-refractivity contribution in [2.75, 3.05) is 36.4 Å². The SMILES string of the molecule is CN(C)S(=O)(=O)N(CC(F)(F)F)c1c(N)nc(-c2nn(Cc3ccccc3F)c3ncccc23)nc1N. The quantitative estimate of drug-likeness (QED) is 0.340. The Bertz CT molecular complexity index is 1550. The van der Waals surface area contributed by atoms with E-state index in [1.165, 1.54) is 16.9 Å². The van der Waals surface area contributed by atoms with Gasteiger partial charge >= 0.3 is 16.4 Å². The van der Waals surface area contributed by atoms with E-state index in [1.54, 1.807) is 30.3 Å². The number of alkyl halides is 3. The summed E-state index contributed by atoms with van der Waals surface area (Å²) in [7, 11) is -2.56. The molecule has 0 aliphatic heterocycles. The molecule has 16 heteroatoms. The summed E-state index contributed by atoms with van der Waals surface area (Å²) in [6.07, 6.45) is -3.42. The molecule has 196 valence electrons. The Morgan fingerprint density at radius 2 is 1.68 bits per heavy atom. The molecular weight excluding hydrogens is 518 g/mol. The molecule has 3 aromatic heterocycles. The maximum absolute atomic E-state index is 14.2. The number of fused-ring (bicyclic) bond motifs is 1.